The van der Waals surface area contributed by atoms with Gasteiger partial charge in [-0.1, -0.05) is 18.2 Å². The van der Waals surface area contributed by atoms with E-state index in [4.69, 9.17) is 4.74 Å². The number of aryl methyl sites for hydroxylation is 4. The molecule has 0 aromatic heterocycles. The number of esters is 1. The summed E-state index contributed by atoms with van der Waals surface area (Å²) < 4.78 is 47.8. The number of halogens is 3. The number of hydrogen-bond donors (Lipinski definition) is 0. The molecule has 7 heteroatoms. The molecule has 0 N–H and O–H groups in total. The molecule has 0 saturated carbocycles. The van der Waals surface area contributed by atoms with Gasteiger partial charge in [-0.15, -0.1) is 0 Å². The second kappa shape index (κ2) is 8.84. The van der Waals surface area contributed by atoms with Gasteiger partial charge in [-0.25, -0.2) is 18.0 Å². The fourth-order valence-electron chi connectivity index (χ4n) is 3.62. The first-order valence-electron chi connectivity index (χ1n) is 9.29. The Labute approximate surface area is 183 Å². The van der Waals surface area contributed by atoms with Crippen LogP contribution in [0.5, 0.6) is 5.75 Å². The number of thiocarbonyl (C=S) groups is 1. The van der Waals surface area contributed by atoms with Crippen LogP contribution >= 0.6 is 12.2 Å². The van der Waals surface area contributed by atoms with Crippen molar-refractivity contribution >= 4 is 29.0 Å². The summed E-state index contributed by atoms with van der Waals surface area (Å²) in [6.07, 6.45) is 0. The largest absolute Gasteiger partial charge is 0.423 e. The first-order valence-corrected chi connectivity index (χ1v) is 9.70. The van der Waals surface area contributed by atoms with E-state index < -0.39 is 23.3 Å². The standard InChI is InChI=1S/C24H18F3NO2S/c1-12-5-13(2)22(18(25)6-12)16-7-14(3)21(15(4)8-16)24(29)30-17-9-19(26)23(28-11-31)20(27)10-17/h5-10H,1-4H3. The third-order valence-electron chi connectivity index (χ3n) is 4.82. The molecule has 0 aliphatic heterocycles. The van der Waals surface area contributed by atoms with Gasteiger partial charge in [-0.3, -0.25) is 0 Å². The van der Waals surface area contributed by atoms with Crippen molar-refractivity contribution in [3.63, 3.8) is 0 Å². The third-order valence-corrected chi connectivity index (χ3v) is 4.91. The van der Waals surface area contributed by atoms with Gasteiger partial charge >= 0.3 is 5.97 Å². The Morgan fingerprint density at radius 2 is 1.45 bits per heavy atom. The van der Waals surface area contributed by atoms with Crippen molar-refractivity contribution < 1.29 is 22.7 Å². The average Bonchev–Trinajstić information content (AvgIpc) is 2.63. The number of aliphatic imine (C=N–C) groups is 1. The lowest BCUT2D eigenvalue weighted by molar-refractivity contribution is 0.0732. The zero-order chi connectivity index (χ0) is 22.9. The van der Waals surface area contributed by atoms with Gasteiger partial charge in [0.05, 0.1) is 10.7 Å². The summed E-state index contributed by atoms with van der Waals surface area (Å²) in [6, 6.07) is 8.39. The molecular formula is C24H18F3NO2S. The summed E-state index contributed by atoms with van der Waals surface area (Å²) in [5, 5.41) is 1.89. The molecule has 0 fully saturated rings. The van der Waals surface area contributed by atoms with Gasteiger partial charge in [0, 0.05) is 17.7 Å². The summed E-state index contributed by atoms with van der Waals surface area (Å²) in [6.45, 7) is 7.01. The molecule has 3 aromatic carbocycles. The van der Waals surface area contributed by atoms with Gasteiger partial charge in [0.15, 0.2) is 11.6 Å². The van der Waals surface area contributed by atoms with Crippen molar-refractivity contribution in [1.82, 2.24) is 0 Å². The maximum absolute atomic E-state index is 14.6. The first-order chi connectivity index (χ1) is 14.6. The quantitative estimate of drug-likeness (QED) is 0.190. The number of hydrogen-bond acceptors (Lipinski definition) is 4. The number of benzene rings is 3. The molecule has 0 heterocycles. The minimum atomic E-state index is -1.03. The molecule has 0 aliphatic carbocycles. The molecule has 0 radical (unpaired) electrons. The van der Waals surface area contributed by atoms with Crippen molar-refractivity contribution in [3.8, 4) is 16.9 Å². The van der Waals surface area contributed by atoms with E-state index in [1.807, 2.05) is 25.1 Å². The van der Waals surface area contributed by atoms with E-state index in [0.717, 1.165) is 23.3 Å². The summed E-state index contributed by atoms with van der Waals surface area (Å²) in [7, 11) is 0. The molecule has 0 bridgehead atoms. The summed E-state index contributed by atoms with van der Waals surface area (Å²) in [4.78, 5) is 16.0. The fourth-order valence-corrected chi connectivity index (χ4v) is 3.71. The molecule has 158 valence electrons. The Morgan fingerprint density at radius 3 is 1.97 bits per heavy atom. The van der Waals surface area contributed by atoms with Gasteiger partial charge in [-0.2, -0.15) is 4.99 Å². The zero-order valence-corrected chi connectivity index (χ0v) is 18.1. The van der Waals surface area contributed by atoms with Crippen LogP contribution < -0.4 is 4.74 Å². The van der Waals surface area contributed by atoms with E-state index in [1.54, 1.807) is 26.0 Å². The van der Waals surface area contributed by atoms with Crippen molar-refractivity contribution in [3.05, 3.63) is 81.7 Å². The Bertz CT molecular complexity index is 1190. The van der Waals surface area contributed by atoms with Gasteiger partial charge in [-0.05, 0) is 73.8 Å². The Kier molecular flexibility index (Phi) is 6.39. The van der Waals surface area contributed by atoms with Crippen LogP contribution in [0.15, 0.2) is 41.4 Å². The second-order valence-electron chi connectivity index (χ2n) is 7.25. The predicted molar refractivity (Wildman–Crippen MR) is 117 cm³/mol. The third kappa shape index (κ3) is 4.58. The molecule has 0 aliphatic rings. The molecule has 0 saturated heterocycles. The van der Waals surface area contributed by atoms with E-state index in [9.17, 15) is 18.0 Å². The maximum Gasteiger partial charge on any atom is 0.344 e. The van der Waals surface area contributed by atoms with E-state index >= 15 is 0 Å². The average molecular weight is 441 g/mol. The molecule has 3 rings (SSSR count). The van der Waals surface area contributed by atoms with Crippen molar-refractivity contribution in [1.29, 1.82) is 0 Å². The predicted octanol–water partition coefficient (Wildman–Crippen LogP) is 6.96. The summed E-state index contributed by atoms with van der Waals surface area (Å²) >= 11 is 4.36. The Hall–Kier alpha value is -3.28. The van der Waals surface area contributed by atoms with Crippen LogP contribution in [0.25, 0.3) is 11.1 Å². The van der Waals surface area contributed by atoms with E-state index in [0.29, 0.717) is 22.3 Å². The Morgan fingerprint density at radius 1 is 0.871 bits per heavy atom. The van der Waals surface area contributed by atoms with Crippen LogP contribution in [-0.2, 0) is 0 Å². The smallest absolute Gasteiger partial charge is 0.344 e. The number of rotatable bonds is 4. The van der Waals surface area contributed by atoms with Crippen molar-refractivity contribution in [2.75, 3.05) is 0 Å². The highest BCUT2D eigenvalue weighted by Crippen LogP contribution is 2.32. The second-order valence-corrected chi connectivity index (χ2v) is 7.43. The van der Waals surface area contributed by atoms with Crippen LogP contribution in [0.1, 0.15) is 32.6 Å². The molecule has 31 heavy (non-hydrogen) atoms. The summed E-state index contributed by atoms with van der Waals surface area (Å²) in [5.74, 6) is -3.51. The molecule has 0 unspecified atom stereocenters. The fraction of sp³-hybridized carbons (Fsp3) is 0.167. The minimum Gasteiger partial charge on any atom is -0.423 e. The maximum atomic E-state index is 14.6. The number of ether oxygens (including phenoxy) is 1. The van der Waals surface area contributed by atoms with Crippen molar-refractivity contribution in [2.24, 2.45) is 4.99 Å². The number of isothiocyanates is 1. The van der Waals surface area contributed by atoms with E-state index in [-0.39, 0.29) is 17.1 Å². The summed E-state index contributed by atoms with van der Waals surface area (Å²) in [5.41, 5.74) is 3.38. The number of carbonyl (C=O) groups is 1. The Balaban J connectivity index is 1.98. The molecule has 0 atom stereocenters. The van der Waals surface area contributed by atoms with Gasteiger partial charge in [0.1, 0.15) is 17.3 Å². The molecule has 0 spiro atoms. The van der Waals surface area contributed by atoms with Crippen LogP contribution in [0, 0.1) is 45.1 Å². The lowest BCUT2D eigenvalue weighted by Gasteiger charge is -2.15. The number of carbonyl (C=O) groups excluding carboxylic acids is 1. The highest BCUT2D eigenvalue weighted by atomic mass is 32.1. The number of nitrogens with zero attached hydrogens (tertiary/aromatic N) is 1. The first kappa shape index (κ1) is 22.4. The van der Waals surface area contributed by atoms with Gasteiger partial charge in [0.2, 0.25) is 0 Å². The van der Waals surface area contributed by atoms with Gasteiger partial charge < -0.3 is 4.74 Å². The lowest BCUT2D eigenvalue weighted by atomic mass is 9.92. The van der Waals surface area contributed by atoms with Crippen LogP contribution in [0.2, 0.25) is 0 Å². The SMILES string of the molecule is Cc1cc(C)c(-c2cc(C)c(C(=O)Oc3cc(F)c(N=C=S)c(F)c3)c(C)c2)c(F)c1. The van der Waals surface area contributed by atoms with E-state index in [2.05, 4.69) is 17.2 Å². The minimum absolute atomic E-state index is 0.232. The molecule has 3 nitrogen and oxygen atoms in total. The van der Waals surface area contributed by atoms with Crippen LogP contribution in [-0.4, -0.2) is 11.1 Å². The van der Waals surface area contributed by atoms with E-state index in [1.165, 1.54) is 6.07 Å². The molecule has 3 aromatic rings. The van der Waals surface area contributed by atoms with Crippen LogP contribution in [0.3, 0.4) is 0 Å². The van der Waals surface area contributed by atoms with Gasteiger partial charge in [0.25, 0.3) is 0 Å². The molecule has 0 amide bonds. The molecular weight excluding hydrogens is 423 g/mol. The highest BCUT2D eigenvalue weighted by molar-refractivity contribution is 7.78. The van der Waals surface area contributed by atoms with Crippen LogP contribution in [0.4, 0.5) is 18.9 Å². The highest BCUT2D eigenvalue weighted by Gasteiger charge is 2.20. The lowest BCUT2D eigenvalue weighted by Crippen LogP contribution is -2.13. The van der Waals surface area contributed by atoms with Crippen molar-refractivity contribution in [2.45, 2.75) is 27.7 Å². The zero-order valence-electron chi connectivity index (χ0n) is 17.3. The topological polar surface area (TPSA) is 38.7 Å². The normalized spacial score (nSPS) is 10.5. The monoisotopic (exact) mass is 441 g/mol.